The molecule has 0 spiro atoms. The van der Waals surface area contributed by atoms with Crippen molar-refractivity contribution in [2.45, 2.75) is 19.3 Å². The smallest absolute Gasteiger partial charge is 0.224 e. The van der Waals surface area contributed by atoms with Gasteiger partial charge in [0, 0.05) is 29.8 Å². The summed E-state index contributed by atoms with van der Waals surface area (Å²) in [7, 11) is 0. The maximum Gasteiger partial charge on any atom is 0.224 e. The van der Waals surface area contributed by atoms with E-state index in [0.717, 1.165) is 34.7 Å². The number of aromatic nitrogens is 2. The lowest BCUT2D eigenvalue weighted by Gasteiger charge is -2.09. The highest BCUT2D eigenvalue weighted by atomic mass is 32.1. The second-order valence-corrected chi connectivity index (χ2v) is 7.02. The number of fused-ring (bicyclic) bond motifs is 1. The fraction of sp³-hybridized carbons (Fsp3) is 0.143. The average molecular weight is 361 g/mol. The van der Waals surface area contributed by atoms with Gasteiger partial charge in [0.1, 0.15) is 0 Å². The van der Waals surface area contributed by atoms with Gasteiger partial charge in [0.2, 0.25) is 5.91 Å². The third-order valence-electron chi connectivity index (χ3n) is 4.28. The van der Waals surface area contributed by atoms with Gasteiger partial charge < -0.3 is 5.32 Å². The van der Waals surface area contributed by atoms with E-state index in [1.807, 2.05) is 64.6 Å². The minimum Gasteiger partial charge on any atom is -0.325 e. The van der Waals surface area contributed by atoms with Gasteiger partial charge in [-0.15, -0.1) is 11.3 Å². The number of hydrogen-bond donors (Lipinski definition) is 1. The Bertz CT molecular complexity index is 991. The largest absolute Gasteiger partial charge is 0.325 e. The molecule has 2 aromatic carbocycles. The molecule has 0 aliphatic carbocycles. The molecule has 0 fully saturated rings. The highest BCUT2D eigenvalue weighted by Crippen LogP contribution is 2.28. The van der Waals surface area contributed by atoms with Crippen molar-refractivity contribution in [3.05, 3.63) is 77.9 Å². The summed E-state index contributed by atoms with van der Waals surface area (Å²) in [5.41, 5.74) is 3.89. The van der Waals surface area contributed by atoms with Gasteiger partial charge in [0.15, 0.2) is 4.96 Å². The number of carbonyl (C=O) groups is 1. The Labute approximate surface area is 156 Å². The molecule has 0 atom stereocenters. The first kappa shape index (κ1) is 16.5. The molecule has 2 aromatic heterocycles. The van der Waals surface area contributed by atoms with Gasteiger partial charge in [-0.1, -0.05) is 48.5 Å². The Kier molecular flexibility index (Phi) is 4.80. The van der Waals surface area contributed by atoms with Crippen molar-refractivity contribution < 1.29 is 4.79 Å². The van der Waals surface area contributed by atoms with Gasteiger partial charge in [-0.25, -0.2) is 4.98 Å². The van der Waals surface area contributed by atoms with Crippen LogP contribution in [-0.2, 0) is 11.2 Å². The summed E-state index contributed by atoms with van der Waals surface area (Å²) < 4.78 is 2.00. The molecule has 0 saturated heterocycles. The molecule has 4 nitrogen and oxygen atoms in total. The summed E-state index contributed by atoms with van der Waals surface area (Å²) in [6, 6.07) is 18.1. The standard InChI is InChI=1S/C21H19N3OS/c25-20(12-6-9-16-7-2-1-3-8-16)22-18-11-5-4-10-17(18)19-15-24-13-14-26-21(24)23-19/h1-5,7-8,10-11,13-15H,6,9,12H2,(H,22,25). The molecule has 4 aromatic rings. The van der Waals surface area contributed by atoms with E-state index in [4.69, 9.17) is 0 Å². The topological polar surface area (TPSA) is 46.4 Å². The van der Waals surface area contributed by atoms with Crippen molar-refractivity contribution in [1.82, 2.24) is 9.38 Å². The summed E-state index contributed by atoms with van der Waals surface area (Å²) in [6.45, 7) is 0. The van der Waals surface area contributed by atoms with Crippen LogP contribution >= 0.6 is 11.3 Å². The van der Waals surface area contributed by atoms with Crippen molar-refractivity contribution in [3.8, 4) is 11.3 Å². The number of benzene rings is 2. The highest BCUT2D eigenvalue weighted by Gasteiger charge is 2.11. The molecule has 1 N–H and O–H groups in total. The minimum absolute atomic E-state index is 0.0365. The van der Waals surface area contributed by atoms with Crippen molar-refractivity contribution in [1.29, 1.82) is 0 Å². The third kappa shape index (κ3) is 3.68. The van der Waals surface area contributed by atoms with Crippen LogP contribution in [0.15, 0.2) is 72.4 Å². The van der Waals surface area contributed by atoms with E-state index in [1.165, 1.54) is 5.56 Å². The van der Waals surface area contributed by atoms with Crippen LogP contribution in [0.1, 0.15) is 18.4 Å². The number of anilines is 1. The number of amides is 1. The molecule has 1 amide bonds. The number of rotatable bonds is 6. The zero-order chi connectivity index (χ0) is 17.8. The molecule has 2 heterocycles. The zero-order valence-electron chi connectivity index (χ0n) is 14.3. The van der Waals surface area contributed by atoms with Crippen LogP contribution in [0.4, 0.5) is 5.69 Å². The maximum atomic E-state index is 12.4. The van der Waals surface area contributed by atoms with Crippen molar-refractivity contribution in [3.63, 3.8) is 0 Å². The lowest BCUT2D eigenvalue weighted by molar-refractivity contribution is -0.116. The van der Waals surface area contributed by atoms with E-state index in [9.17, 15) is 4.79 Å². The second-order valence-electron chi connectivity index (χ2n) is 6.15. The number of hydrogen-bond acceptors (Lipinski definition) is 3. The first-order valence-corrected chi connectivity index (χ1v) is 9.53. The van der Waals surface area contributed by atoms with Crippen LogP contribution in [0.25, 0.3) is 16.2 Å². The van der Waals surface area contributed by atoms with Gasteiger partial charge in [0.05, 0.1) is 11.4 Å². The molecule has 26 heavy (non-hydrogen) atoms. The zero-order valence-corrected chi connectivity index (χ0v) is 15.1. The molecule has 0 aliphatic heterocycles. The predicted octanol–water partition coefficient (Wildman–Crippen LogP) is 5.02. The summed E-state index contributed by atoms with van der Waals surface area (Å²) in [5, 5.41) is 5.05. The molecule has 0 unspecified atom stereocenters. The number of nitrogens with zero attached hydrogens (tertiary/aromatic N) is 2. The van der Waals surface area contributed by atoms with Crippen LogP contribution in [0.2, 0.25) is 0 Å². The molecule has 0 radical (unpaired) electrons. The van der Waals surface area contributed by atoms with Gasteiger partial charge in [-0.2, -0.15) is 0 Å². The Morgan fingerprint density at radius 2 is 1.88 bits per heavy atom. The SMILES string of the molecule is O=C(CCCc1ccccc1)Nc1ccccc1-c1cn2ccsc2n1. The number of imidazole rings is 1. The maximum absolute atomic E-state index is 12.4. The second kappa shape index (κ2) is 7.54. The van der Waals surface area contributed by atoms with E-state index in [-0.39, 0.29) is 5.91 Å². The molecule has 0 aliphatic rings. The van der Waals surface area contributed by atoms with E-state index < -0.39 is 0 Å². The molecular weight excluding hydrogens is 342 g/mol. The Hall–Kier alpha value is -2.92. The quantitative estimate of drug-likeness (QED) is 0.524. The van der Waals surface area contributed by atoms with Gasteiger partial charge >= 0.3 is 0 Å². The normalized spacial score (nSPS) is 10.9. The van der Waals surface area contributed by atoms with E-state index in [1.54, 1.807) is 11.3 Å². The average Bonchev–Trinajstić information content (AvgIpc) is 3.25. The molecule has 4 rings (SSSR count). The van der Waals surface area contributed by atoms with E-state index >= 15 is 0 Å². The van der Waals surface area contributed by atoms with E-state index in [2.05, 4.69) is 22.4 Å². The van der Waals surface area contributed by atoms with Gasteiger partial charge in [-0.05, 0) is 24.5 Å². The monoisotopic (exact) mass is 361 g/mol. The first-order chi connectivity index (χ1) is 12.8. The highest BCUT2D eigenvalue weighted by molar-refractivity contribution is 7.15. The number of aryl methyl sites for hydroxylation is 1. The number of thiazole rings is 1. The fourth-order valence-electron chi connectivity index (χ4n) is 2.98. The van der Waals surface area contributed by atoms with Crippen LogP contribution < -0.4 is 5.32 Å². The lowest BCUT2D eigenvalue weighted by Crippen LogP contribution is -2.12. The number of carbonyl (C=O) groups excluding carboxylic acids is 1. The van der Waals surface area contributed by atoms with Gasteiger partial charge in [-0.3, -0.25) is 9.20 Å². The van der Waals surface area contributed by atoms with Crippen molar-refractivity contribution >= 4 is 27.9 Å². The van der Waals surface area contributed by atoms with Gasteiger partial charge in [0.25, 0.3) is 0 Å². The molecule has 0 bridgehead atoms. The van der Waals surface area contributed by atoms with Crippen LogP contribution in [0.3, 0.4) is 0 Å². The number of para-hydroxylation sites is 1. The van der Waals surface area contributed by atoms with Crippen molar-refractivity contribution in [2.75, 3.05) is 5.32 Å². The molecule has 130 valence electrons. The molecule has 5 heteroatoms. The summed E-state index contributed by atoms with van der Waals surface area (Å²) in [5.74, 6) is 0.0365. The minimum atomic E-state index is 0.0365. The van der Waals surface area contributed by atoms with Crippen molar-refractivity contribution in [2.24, 2.45) is 0 Å². The number of nitrogens with one attached hydrogen (secondary N) is 1. The summed E-state index contributed by atoms with van der Waals surface area (Å²) in [6.07, 6.45) is 6.22. The molecular formula is C21H19N3OS. The van der Waals surface area contributed by atoms with Crippen LogP contribution in [0.5, 0.6) is 0 Å². The van der Waals surface area contributed by atoms with Crippen LogP contribution in [-0.4, -0.2) is 15.3 Å². The predicted molar refractivity (Wildman–Crippen MR) is 107 cm³/mol. The Balaban J connectivity index is 1.43. The molecule has 0 saturated carbocycles. The van der Waals surface area contributed by atoms with Crippen LogP contribution in [0, 0.1) is 0 Å². The fourth-order valence-corrected chi connectivity index (χ4v) is 3.68. The Morgan fingerprint density at radius 1 is 1.08 bits per heavy atom. The summed E-state index contributed by atoms with van der Waals surface area (Å²) in [4.78, 5) is 18.0. The summed E-state index contributed by atoms with van der Waals surface area (Å²) >= 11 is 1.60. The Morgan fingerprint density at radius 3 is 2.73 bits per heavy atom. The van der Waals surface area contributed by atoms with E-state index in [0.29, 0.717) is 6.42 Å². The first-order valence-electron chi connectivity index (χ1n) is 8.65. The third-order valence-corrected chi connectivity index (χ3v) is 5.05. The lowest BCUT2D eigenvalue weighted by atomic mass is 10.1.